The normalized spacial score (nSPS) is 10.6. The van der Waals surface area contributed by atoms with Crippen molar-refractivity contribution in [1.82, 2.24) is 19.7 Å². The summed E-state index contributed by atoms with van der Waals surface area (Å²) in [5.41, 5.74) is 0.941. The second kappa shape index (κ2) is 5.20. The van der Waals surface area contributed by atoms with Crippen molar-refractivity contribution < 1.29 is 13.6 Å². The average molecular weight is 286 g/mol. The van der Waals surface area contributed by atoms with Gasteiger partial charge in [-0.1, -0.05) is 0 Å². The number of hydrogen-bond donors (Lipinski definition) is 0. The second-order valence-electron chi connectivity index (χ2n) is 4.18. The molecule has 0 unspecified atom stereocenters. The van der Waals surface area contributed by atoms with Crippen LogP contribution in [0.5, 0.6) is 0 Å². The van der Waals surface area contributed by atoms with E-state index in [2.05, 4.69) is 15.1 Å². The summed E-state index contributed by atoms with van der Waals surface area (Å²) in [6.45, 7) is 0. The van der Waals surface area contributed by atoms with Gasteiger partial charge in [-0.05, 0) is 12.1 Å². The number of halogens is 2. The molecule has 0 fully saturated rings. The third kappa shape index (κ3) is 2.40. The zero-order chi connectivity index (χ0) is 14.8. The van der Waals surface area contributed by atoms with E-state index < -0.39 is 11.6 Å². The Morgan fingerprint density at radius 3 is 2.71 bits per heavy atom. The van der Waals surface area contributed by atoms with Crippen molar-refractivity contribution in [3.05, 3.63) is 60.2 Å². The van der Waals surface area contributed by atoms with E-state index in [-0.39, 0.29) is 16.9 Å². The molecule has 0 N–H and O–H groups in total. The Morgan fingerprint density at radius 2 is 2.05 bits per heavy atom. The molecule has 104 valence electrons. The van der Waals surface area contributed by atoms with Gasteiger partial charge in [0.25, 0.3) is 0 Å². The summed E-state index contributed by atoms with van der Waals surface area (Å²) in [4.78, 5) is 19.1. The number of benzene rings is 1. The molecule has 0 bridgehead atoms. The van der Waals surface area contributed by atoms with Crippen molar-refractivity contribution in [2.75, 3.05) is 0 Å². The van der Waals surface area contributed by atoms with E-state index in [4.69, 9.17) is 0 Å². The predicted octanol–water partition coefficient (Wildman–Crippen LogP) is 2.42. The molecule has 0 amide bonds. The van der Waals surface area contributed by atoms with Crippen molar-refractivity contribution in [2.24, 2.45) is 0 Å². The van der Waals surface area contributed by atoms with Crippen molar-refractivity contribution in [3.8, 4) is 17.1 Å². The average Bonchev–Trinajstić information content (AvgIpc) is 2.92. The third-order valence-corrected chi connectivity index (χ3v) is 2.83. The quantitative estimate of drug-likeness (QED) is 0.694. The third-order valence-electron chi connectivity index (χ3n) is 2.83. The van der Waals surface area contributed by atoms with Gasteiger partial charge in [0.15, 0.2) is 12.1 Å². The largest absolute Gasteiger partial charge is 0.298 e. The van der Waals surface area contributed by atoms with Crippen LogP contribution in [0.15, 0.2) is 43.0 Å². The fourth-order valence-electron chi connectivity index (χ4n) is 1.88. The Kier molecular flexibility index (Phi) is 3.23. The molecule has 2 aromatic heterocycles. The van der Waals surface area contributed by atoms with Gasteiger partial charge in [0.1, 0.15) is 22.9 Å². The van der Waals surface area contributed by atoms with Crippen LogP contribution in [0.3, 0.4) is 0 Å². The van der Waals surface area contributed by atoms with Crippen LogP contribution in [0, 0.1) is 11.6 Å². The van der Waals surface area contributed by atoms with Crippen LogP contribution in [0.25, 0.3) is 17.1 Å². The van der Waals surface area contributed by atoms with Gasteiger partial charge < -0.3 is 0 Å². The molecular formula is C14H8F2N4O. The first-order valence-electron chi connectivity index (χ1n) is 5.95. The van der Waals surface area contributed by atoms with Crippen LogP contribution in [0.4, 0.5) is 8.78 Å². The molecule has 0 aliphatic rings. The lowest BCUT2D eigenvalue weighted by Gasteiger charge is -2.02. The van der Waals surface area contributed by atoms with Crippen molar-refractivity contribution in [1.29, 1.82) is 0 Å². The van der Waals surface area contributed by atoms with Crippen LogP contribution in [-0.2, 0) is 0 Å². The second-order valence-corrected chi connectivity index (χ2v) is 4.18. The Bertz CT molecular complexity index is 802. The number of nitrogens with zero attached hydrogens (tertiary/aromatic N) is 4. The zero-order valence-corrected chi connectivity index (χ0v) is 10.6. The molecule has 1 aromatic carbocycles. The van der Waals surface area contributed by atoms with E-state index in [1.165, 1.54) is 35.5 Å². The minimum Gasteiger partial charge on any atom is -0.298 e. The molecule has 3 rings (SSSR count). The van der Waals surface area contributed by atoms with Crippen LogP contribution in [-0.4, -0.2) is 26.0 Å². The maximum Gasteiger partial charge on any atom is 0.153 e. The lowest BCUT2D eigenvalue weighted by Crippen LogP contribution is -1.99. The number of aromatic nitrogens is 4. The van der Waals surface area contributed by atoms with E-state index >= 15 is 0 Å². The van der Waals surface area contributed by atoms with E-state index in [1.807, 2.05) is 0 Å². The van der Waals surface area contributed by atoms with Gasteiger partial charge in [-0.2, -0.15) is 5.10 Å². The van der Waals surface area contributed by atoms with Gasteiger partial charge in [0.2, 0.25) is 0 Å². The highest BCUT2D eigenvalue weighted by molar-refractivity contribution is 5.84. The molecule has 0 spiro atoms. The minimum absolute atomic E-state index is 0.0367. The summed E-state index contributed by atoms with van der Waals surface area (Å²) in [5, 5.41) is 4.13. The zero-order valence-electron chi connectivity index (χ0n) is 10.6. The van der Waals surface area contributed by atoms with Crippen LogP contribution < -0.4 is 0 Å². The topological polar surface area (TPSA) is 60.7 Å². The van der Waals surface area contributed by atoms with E-state index in [1.54, 1.807) is 0 Å². The molecule has 7 heteroatoms. The fourth-order valence-corrected chi connectivity index (χ4v) is 1.88. The number of carbonyl (C=O) groups excluding carboxylic acids is 1. The number of aldehydes is 1. The monoisotopic (exact) mass is 286 g/mol. The number of carbonyl (C=O) groups is 1. The summed E-state index contributed by atoms with van der Waals surface area (Å²) in [7, 11) is 0. The first-order chi connectivity index (χ1) is 10.2. The smallest absolute Gasteiger partial charge is 0.153 e. The van der Waals surface area contributed by atoms with Gasteiger partial charge in [-0.15, -0.1) is 0 Å². The Hall–Kier alpha value is -2.96. The summed E-state index contributed by atoms with van der Waals surface area (Å²) in [6, 6.07) is 3.11. The molecule has 0 aliphatic carbocycles. The summed E-state index contributed by atoms with van der Waals surface area (Å²) in [6.07, 6.45) is 6.34. The van der Waals surface area contributed by atoms with Crippen molar-refractivity contribution in [3.63, 3.8) is 0 Å². The van der Waals surface area contributed by atoms with E-state index in [9.17, 15) is 13.6 Å². The first-order valence-corrected chi connectivity index (χ1v) is 5.95. The highest BCUT2D eigenvalue weighted by Crippen LogP contribution is 2.21. The highest BCUT2D eigenvalue weighted by atomic mass is 19.1. The molecule has 0 radical (unpaired) electrons. The molecular weight excluding hydrogens is 278 g/mol. The molecule has 0 saturated heterocycles. The predicted molar refractivity (Wildman–Crippen MR) is 69.9 cm³/mol. The molecule has 0 atom stereocenters. The molecule has 0 aliphatic heterocycles. The van der Waals surface area contributed by atoms with Crippen LogP contribution in [0.1, 0.15) is 10.4 Å². The maximum absolute atomic E-state index is 13.8. The molecule has 2 heterocycles. The lowest BCUT2D eigenvalue weighted by molar-refractivity contribution is 0.112. The van der Waals surface area contributed by atoms with Gasteiger partial charge in [-0.25, -0.2) is 13.5 Å². The van der Waals surface area contributed by atoms with Gasteiger partial charge in [0, 0.05) is 24.7 Å². The lowest BCUT2D eigenvalue weighted by atomic mass is 10.2. The van der Waals surface area contributed by atoms with E-state index in [0.717, 1.165) is 12.1 Å². The molecule has 0 saturated carbocycles. The van der Waals surface area contributed by atoms with Gasteiger partial charge >= 0.3 is 0 Å². The van der Waals surface area contributed by atoms with Crippen molar-refractivity contribution in [2.45, 2.75) is 0 Å². The van der Waals surface area contributed by atoms with Gasteiger partial charge in [0.05, 0.1) is 11.8 Å². The Balaban J connectivity index is 2.14. The molecule has 21 heavy (non-hydrogen) atoms. The van der Waals surface area contributed by atoms with Gasteiger partial charge in [-0.3, -0.25) is 14.8 Å². The number of hydrogen-bond acceptors (Lipinski definition) is 4. The summed E-state index contributed by atoms with van der Waals surface area (Å²) in [5.74, 6) is -1.46. The van der Waals surface area contributed by atoms with Crippen molar-refractivity contribution >= 4 is 6.29 Å². The highest BCUT2D eigenvalue weighted by Gasteiger charge is 2.15. The first kappa shape index (κ1) is 13.0. The molecule has 3 aromatic rings. The Labute approximate surface area is 117 Å². The number of rotatable bonds is 3. The minimum atomic E-state index is -0.777. The summed E-state index contributed by atoms with van der Waals surface area (Å²) < 4.78 is 27.9. The standard InChI is InChI=1S/C14H8F2N4O/c15-10-1-2-13(11(16)5-10)20-7-9(8-21)14(19-20)12-6-17-3-4-18-12/h1-8H. The van der Waals surface area contributed by atoms with Crippen LogP contribution >= 0.6 is 0 Å². The maximum atomic E-state index is 13.8. The molecule has 5 nitrogen and oxygen atoms in total. The Morgan fingerprint density at radius 1 is 1.19 bits per heavy atom. The van der Waals surface area contributed by atoms with Crippen LogP contribution in [0.2, 0.25) is 0 Å². The summed E-state index contributed by atoms with van der Waals surface area (Å²) >= 11 is 0. The SMILES string of the molecule is O=Cc1cn(-c2ccc(F)cc2F)nc1-c1cnccn1. The fraction of sp³-hybridized carbons (Fsp3) is 0. The van der Waals surface area contributed by atoms with E-state index in [0.29, 0.717) is 12.0 Å².